The molecule has 1 atom stereocenters. The average molecular weight is 424 g/mol. The molecule has 8 nitrogen and oxygen atoms in total. The highest BCUT2D eigenvalue weighted by Crippen LogP contribution is 2.10. The Kier molecular flexibility index (Phi) is 13.6. The number of ether oxygens (including phenoxy) is 3. The van der Waals surface area contributed by atoms with E-state index in [0.717, 1.165) is 6.08 Å². The van der Waals surface area contributed by atoms with Gasteiger partial charge in [-0.2, -0.15) is 0 Å². The summed E-state index contributed by atoms with van der Waals surface area (Å²) in [6, 6.07) is 0. The lowest BCUT2D eigenvalue weighted by atomic mass is 10.1. The molecular formula is C22H33NO7. The van der Waals surface area contributed by atoms with Crippen molar-refractivity contribution in [2.24, 2.45) is 0 Å². The Balaban J connectivity index is 4.96. The van der Waals surface area contributed by atoms with Crippen LogP contribution in [0.2, 0.25) is 0 Å². The second-order valence-electron chi connectivity index (χ2n) is 6.78. The summed E-state index contributed by atoms with van der Waals surface area (Å²) in [6.45, 7) is 16.1. The predicted molar refractivity (Wildman–Crippen MR) is 112 cm³/mol. The highest BCUT2D eigenvalue weighted by molar-refractivity contribution is 5.88. The zero-order valence-corrected chi connectivity index (χ0v) is 18.2. The number of amides is 1. The number of carbonyl (C=O) groups excluding carboxylic acids is 4. The molecule has 168 valence electrons. The van der Waals surface area contributed by atoms with Crippen molar-refractivity contribution in [3.05, 3.63) is 37.0 Å². The van der Waals surface area contributed by atoms with Crippen molar-refractivity contribution in [1.82, 2.24) is 4.90 Å². The van der Waals surface area contributed by atoms with Crippen molar-refractivity contribution < 1.29 is 33.4 Å². The van der Waals surface area contributed by atoms with E-state index in [2.05, 4.69) is 19.7 Å². The predicted octanol–water partition coefficient (Wildman–Crippen LogP) is 2.73. The van der Waals surface area contributed by atoms with E-state index in [1.165, 1.54) is 4.90 Å². The standard InChI is InChI=1S/C22H33NO7/c1-7-11-18(30-19(24)8-2)20(25)23(12-9-14-28-21(26)16(3)4)13-10-15-29-22(27)17(5)6/h8,18H,2-3,5,7,9-15H2,1,4,6H3. The van der Waals surface area contributed by atoms with Gasteiger partial charge in [-0.25, -0.2) is 14.4 Å². The fourth-order valence-corrected chi connectivity index (χ4v) is 2.31. The van der Waals surface area contributed by atoms with E-state index in [0.29, 0.717) is 36.8 Å². The topological polar surface area (TPSA) is 99.2 Å². The minimum atomic E-state index is -0.934. The van der Waals surface area contributed by atoms with Crippen molar-refractivity contribution in [2.45, 2.75) is 52.6 Å². The number of hydrogen-bond acceptors (Lipinski definition) is 7. The molecule has 0 N–H and O–H groups in total. The van der Waals surface area contributed by atoms with Crippen LogP contribution >= 0.6 is 0 Å². The Morgan fingerprint density at radius 2 is 1.40 bits per heavy atom. The molecule has 0 rings (SSSR count). The molecule has 30 heavy (non-hydrogen) atoms. The van der Waals surface area contributed by atoms with Gasteiger partial charge in [-0.1, -0.05) is 33.1 Å². The normalized spacial score (nSPS) is 11.0. The second kappa shape index (κ2) is 15.0. The highest BCUT2D eigenvalue weighted by atomic mass is 16.5. The van der Waals surface area contributed by atoms with Gasteiger partial charge in [-0.05, 0) is 33.1 Å². The molecule has 0 aromatic heterocycles. The fourth-order valence-electron chi connectivity index (χ4n) is 2.31. The van der Waals surface area contributed by atoms with Crippen LogP contribution in [0.1, 0.15) is 46.5 Å². The van der Waals surface area contributed by atoms with Crippen LogP contribution in [-0.4, -0.2) is 61.1 Å². The third-order valence-corrected chi connectivity index (χ3v) is 3.87. The Hall–Kier alpha value is -2.90. The van der Waals surface area contributed by atoms with E-state index in [1.54, 1.807) is 13.8 Å². The quantitative estimate of drug-likeness (QED) is 0.173. The summed E-state index contributed by atoms with van der Waals surface area (Å²) in [5, 5.41) is 0. The maximum atomic E-state index is 12.9. The van der Waals surface area contributed by atoms with Crippen LogP contribution in [0.5, 0.6) is 0 Å². The molecular weight excluding hydrogens is 390 g/mol. The summed E-state index contributed by atoms with van der Waals surface area (Å²) in [5.74, 6) is -2.02. The molecule has 0 aliphatic rings. The SMILES string of the molecule is C=CC(=O)OC(CCC)C(=O)N(CCCOC(=O)C(=C)C)CCCOC(=O)C(=C)C. The van der Waals surface area contributed by atoms with Crippen molar-refractivity contribution in [3.63, 3.8) is 0 Å². The second-order valence-corrected chi connectivity index (χ2v) is 6.78. The third kappa shape index (κ3) is 11.2. The number of rotatable bonds is 15. The largest absolute Gasteiger partial charge is 0.462 e. The van der Waals surface area contributed by atoms with Gasteiger partial charge in [0, 0.05) is 30.3 Å². The zero-order valence-electron chi connectivity index (χ0n) is 18.2. The van der Waals surface area contributed by atoms with Gasteiger partial charge in [0.15, 0.2) is 6.10 Å². The van der Waals surface area contributed by atoms with Gasteiger partial charge in [-0.15, -0.1) is 0 Å². The van der Waals surface area contributed by atoms with Crippen molar-refractivity contribution in [2.75, 3.05) is 26.3 Å². The van der Waals surface area contributed by atoms with E-state index >= 15 is 0 Å². The molecule has 0 aliphatic carbocycles. The molecule has 0 aromatic carbocycles. The smallest absolute Gasteiger partial charge is 0.333 e. The van der Waals surface area contributed by atoms with E-state index in [9.17, 15) is 19.2 Å². The van der Waals surface area contributed by atoms with Crippen molar-refractivity contribution in [3.8, 4) is 0 Å². The van der Waals surface area contributed by atoms with Crippen LogP contribution in [-0.2, 0) is 33.4 Å². The summed E-state index contributed by atoms with van der Waals surface area (Å²) in [6.07, 6.45) is 1.87. The number of esters is 3. The molecule has 0 fully saturated rings. The van der Waals surface area contributed by atoms with Crippen LogP contribution in [0.3, 0.4) is 0 Å². The van der Waals surface area contributed by atoms with Crippen molar-refractivity contribution >= 4 is 23.8 Å². The Morgan fingerprint density at radius 1 is 0.933 bits per heavy atom. The lowest BCUT2D eigenvalue weighted by Crippen LogP contribution is -2.43. The van der Waals surface area contributed by atoms with Gasteiger partial charge in [-0.3, -0.25) is 4.79 Å². The first kappa shape index (κ1) is 27.1. The molecule has 8 heteroatoms. The lowest BCUT2D eigenvalue weighted by Gasteiger charge is -2.27. The van der Waals surface area contributed by atoms with Crippen LogP contribution < -0.4 is 0 Å². The van der Waals surface area contributed by atoms with Crippen LogP contribution in [0.4, 0.5) is 0 Å². The summed E-state index contributed by atoms with van der Waals surface area (Å²) in [4.78, 5) is 49.0. The molecule has 1 unspecified atom stereocenters. The first-order chi connectivity index (χ1) is 14.1. The van der Waals surface area contributed by atoms with Gasteiger partial charge in [0.25, 0.3) is 5.91 Å². The summed E-state index contributed by atoms with van der Waals surface area (Å²) < 4.78 is 15.3. The van der Waals surface area contributed by atoms with Crippen molar-refractivity contribution in [1.29, 1.82) is 0 Å². The van der Waals surface area contributed by atoms with Gasteiger partial charge in [0.2, 0.25) is 0 Å². The zero-order chi connectivity index (χ0) is 23.1. The summed E-state index contributed by atoms with van der Waals surface area (Å²) >= 11 is 0. The summed E-state index contributed by atoms with van der Waals surface area (Å²) in [5.41, 5.74) is 0.586. The van der Waals surface area contributed by atoms with E-state index in [4.69, 9.17) is 14.2 Å². The molecule has 0 saturated heterocycles. The van der Waals surface area contributed by atoms with E-state index in [-0.39, 0.29) is 32.2 Å². The first-order valence-corrected chi connectivity index (χ1v) is 9.91. The maximum Gasteiger partial charge on any atom is 0.333 e. The molecule has 1 amide bonds. The Bertz CT molecular complexity index is 620. The molecule has 0 spiro atoms. The van der Waals surface area contributed by atoms with E-state index in [1.807, 2.05) is 6.92 Å². The number of carbonyl (C=O) groups is 4. The molecule has 0 heterocycles. The molecule has 0 saturated carbocycles. The lowest BCUT2D eigenvalue weighted by molar-refractivity contribution is -0.157. The Morgan fingerprint density at radius 3 is 1.77 bits per heavy atom. The molecule has 0 aliphatic heterocycles. The third-order valence-electron chi connectivity index (χ3n) is 3.87. The fraction of sp³-hybridized carbons (Fsp3) is 0.545. The average Bonchev–Trinajstić information content (AvgIpc) is 2.70. The minimum Gasteiger partial charge on any atom is -0.462 e. The Labute approximate surface area is 178 Å². The van der Waals surface area contributed by atoms with Gasteiger partial charge in [0.1, 0.15) is 0 Å². The maximum absolute atomic E-state index is 12.9. The minimum absolute atomic E-state index is 0.116. The monoisotopic (exact) mass is 423 g/mol. The highest BCUT2D eigenvalue weighted by Gasteiger charge is 2.26. The van der Waals surface area contributed by atoms with Gasteiger partial charge >= 0.3 is 17.9 Å². The molecule has 0 radical (unpaired) electrons. The van der Waals surface area contributed by atoms with Crippen LogP contribution in [0, 0.1) is 0 Å². The summed E-state index contributed by atoms with van der Waals surface area (Å²) in [7, 11) is 0. The van der Waals surface area contributed by atoms with Gasteiger partial charge < -0.3 is 19.1 Å². The molecule has 0 bridgehead atoms. The number of nitrogens with zero attached hydrogens (tertiary/aromatic N) is 1. The van der Waals surface area contributed by atoms with Crippen LogP contribution in [0.15, 0.2) is 37.0 Å². The molecule has 0 aromatic rings. The van der Waals surface area contributed by atoms with Gasteiger partial charge in [0.05, 0.1) is 13.2 Å². The first-order valence-electron chi connectivity index (χ1n) is 9.91. The number of hydrogen-bond donors (Lipinski definition) is 0. The van der Waals surface area contributed by atoms with E-state index < -0.39 is 24.0 Å². The van der Waals surface area contributed by atoms with Crippen LogP contribution in [0.25, 0.3) is 0 Å².